The summed E-state index contributed by atoms with van der Waals surface area (Å²) in [5.74, 6) is 0. The molecular formula is C12H10F3NO4S. The molecule has 0 spiro atoms. The molecule has 5 nitrogen and oxygen atoms in total. The monoisotopic (exact) mass is 321 g/mol. The number of nitrogens with zero attached hydrogens (tertiary/aromatic N) is 1. The van der Waals surface area contributed by atoms with Gasteiger partial charge in [-0.2, -0.15) is 13.2 Å². The van der Waals surface area contributed by atoms with Crippen molar-refractivity contribution in [3.05, 3.63) is 42.1 Å². The van der Waals surface area contributed by atoms with Gasteiger partial charge in [-0.25, -0.2) is 13.0 Å². The van der Waals surface area contributed by atoms with E-state index < -0.39 is 15.6 Å². The number of fused-ring (bicyclic) bond motifs is 1. The van der Waals surface area contributed by atoms with Gasteiger partial charge in [-0.3, -0.25) is 4.79 Å². The Balaban J connectivity index is 0.000000240. The van der Waals surface area contributed by atoms with Crippen molar-refractivity contribution < 1.29 is 35.5 Å². The van der Waals surface area contributed by atoms with Crippen molar-refractivity contribution in [2.75, 3.05) is 0 Å². The summed E-state index contributed by atoms with van der Waals surface area (Å²) in [6.45, 7) is 0. The second-order valence-electron chi connectivity index (χ2n) is 3.96. The fourth-order valence-electron chi connectivity index (χ4n) is 1.44. The summed E-state index contributed by atoms with van der Waals surface area (Å²) in [7, 11) is -4.12. The van der Waals surface area contributed by atoms with Crippen LogP contribution in [0.15, 0.2) is 36.5 Å². The van der Waals surface area contributed by atoms with Crippen LogP contribution in [0.2, 0.25) is 0 Å². The molecule has 9 heteroatoms. The number of hydrogen-bond acceptors (Lipinski definition) is 4. The summed E-state index contributed by atoms with van der Waals surface area (Å²) in [5.41, 5.74) is -3.85. The van der Waals surface area contributed by atoms with Gasteiger partial charge in [-0.1, -0.05) is 6.07 Å². The first-order valence-electron chi connectivity index (χ1n) is 5.42. The standard InChI is InChI=1S/C11H10NO.CHF3O3S/c1-12-6-2-3-10-5-4-9(8-13)7-11(10)12;2-1(3,4)8(5,6)7/h2-8H,1H3;(H,5,6,7)/q+1;/p-1. The van der Waals surface area contributed by atoms with E-state index in [9.17, 15) is 18.0 Å². The van der Waals surface area contributed by atoms with Crippen LogP contribution in [0.5, 0.6) is 0 Å². The van der Waals surface area contributed by atoms with Gasteiger partial charge in [0.1, 0.15) is 13.3 Å². The number of hydrogen-bond donors (Lipinski definition) is 0. The third-order valence-corrected chi connectivity index (χ3v) is 3.01. The van der Waals surface area contributed by atoms with Crippen molar-refractivity contribution >= 4 is 27.3 Å². The molecule has 0 bridgehead atoms. The Labute approximate surface area is 118 Å². The Morgan fingerprint density at radius 1 is 1.24 bits per heavy atom. The van der Waals surface area contributed by atoms with Crippen molar-refractivity contribution in [2.24, 2.45) is 7.05 Å². The van der Waals surface area contributed by atoms with E-state index in [4.69, 9.17) is 13.0 Å². The second kappa shape index (κ2) is 6.19. The van der Waals surface area contributed by atoms with Gasteiger partial charge in [0.2, 0.25) is 5.52 Å². The maximum Gasteiger partial charge on any atom is 0.485 e. The Morgan fingerprint density at radius 3 is 2.29 bits per heavy atom. The van der Waals surface area contributed by atoms with Gasteiger partial charge in [-0.15, -0.1) is 0 Å². The van der Waals surface area contributed by atoms with Crippen LogP contribution in [0.3, 0.4) is 0 Å². The van der Waals surface area contributed by atoms with E-state index in [2.05, 4.69) is 0 Å². The molecule has 0 radical (unpaired) electrons. The number of benzene rings is 1. The average Bonchev–Trinajstić information content (AvgIpc) is 2.37. The summed E-state index contributed by atoms with van der Waals surface area (Å²) >= 11 is 0. The molecule has 0 aliphatic rings. The summed E-state index contributed by atoms with van der Waals surface area (Å²) in [6, 6.07) is 9.70. The van der Waals surface area contributed by atoms with E-state index in [0.29, 0.717) is 5.56 Å². The summed E-state index contributed by atoms with van der Waals surface area (Å²) in [6.07, 6.45) is 2.84. The van der Waals surface area contributed by atoms with Crippen LogP contribution < -0.4 is 4.57 Å². The van der Waals surface area contributed by atoms with Gasteiger partial charge in [0.25, 0.3) is 0 Å². The Morgan fingerprint density at radius 2 is 1.81 bits per heavy atom. The van der Waals surface area contributed by atoms with E-state index in [-0.39, 0.29) is 0 Å². The second-order valence-corrected chi connectivity index (χ2v) is 5.33. The number of aromatic nitrogens is 1. The quantitative estimate of drug-likeness (QED) is 0.345. The number of alkyl halides is 3. The SMILES string of the molecule is C[n+]1cccc2ccc(C=O)cc21.O=S(=O)([O-])C(F)(F)F. The minimum atomic E-state index is -6.09. The lowest BCUT2D eigenvalue weighted by molar-refractivity contribution is -0.644. The molecule has 1 heterocycles. The number of carbonyl (C=O) groups is 1. The molecule has 1 aromatic carbocycles. The lowest BCUT2D eigenvalue weighted by Gasteiger charge is -2.08. The van der Waals surface area contributed by atoms with Crippen molar-refractivity contribution in [1.82, 2.24) is 0 Å². The average molecular weight is 321 g/mol. The van der Waals surface area contributed by atoms with Gasteiger partial charge in [0.05, 0.1) is 0 Å². The maximum absolute atomic E-state index is 10.7. The van der Waals surface area contributed by atoms with Crippen LogP contribution in [-0.2, 0) is 17.2 Å². The summed E-state index contributed by atoms with van der Waals surface area (Å²) in [5, 5.41) is 1.15. The lowest BCUT2D eigenvalue weighted by Crippen LogP contribution is -2.27. The van der Waals surface area contributed by atoms with Gasteiger partial charge in [-0.05, 0) is 12.1 Å². The van der Waals surface area contributed by atoms with Gasteiger partial charge < -0.3 is 4.55 Å². The van der Waals surface area contributed by atoms with Gasteiger partial charge >= 0.3 is 5.51 Å². The predicted octanol–water partition coefficient (Wildman–Crippen LogP) is 1.53. The molecule has 2 aromatic rings. The molecular weight excluding hydrogens is 311 g/mol. The Kier molecular flexibility index (Phi) is 5.02. The van der Waals surface area contributed by atoms with Crippen LogP contribution in [0, 0.1) is 0 Å². The molecule has 0 aliphatic carbocycles. The molecule has 0 unspecified atom stereocenters. The topological polar surface area (TPSA) is 78.1 Å². The van der Waals surface area contributed by atoms with E-state index >= 15 is 0 Å². The van der Waals surface area contributed by atoms with E-state index in [1.807, 2.05) is 48.1 Å². The third kappa shape index (κ3) is 4.50. The number of halogens is 3. The van der Waals surface area contributed by atoms with Crippen molar-refractivity contribution in [1.29, 1.82) is 0 Å². The van der Waals surface area contributed by atoms with Crippen molar-refractivity contribution in [3.63, 3.8) is 0 Å². The van der Waals surface area contributed by atoms with Crippen molar-refractivity contribution in [2.45, 2.75) is 5.51 Å². The first-order valence-corrected chi connectivity index (χ1v) is 6.83. The maximum atomic E-state index is 10.7. The zero-order valence-electron chi connectivity index (χ0n) is 10.7. The fraction of sp³-hybridized carbons (Fsp3) is 0.167. The number of pyridine rings is 1. The van der Waals surface area contributed by atoms with Crippen LogP contribution in [0.4, 0.5) is 13.2 Å². The Hall–Kier alpha value is -2.00. The number of aryl methyl sites for hydroxylation is 1. The highest BCUT2D eigenvalue weighted by atomic mass is 32.2. The molecule has 0 saturated carbocycles. The zero-order valence-corrected chi connectivity index (χ0v) is 11.5. The van der Waals surface area contributed by atoms with E-state index in [0.717, 1.165) is 17.2 Å². The van der Waals surface area contributed by atoms with E-state index in [1.54, 1.807) is 0 Å². The molecule has 0 amide bonds. The van der Waals surface area contributed by atoms with Crippen LogP contribution in [0.25, 0.3) is 10.9 Å². The first kappa shape index (κ1) is 17.1. The molecule has 114 valence electrons. The van der Waals surface area contributed by atoms with Gasteiger partial charge in [0, 0.05) is 23.1 Å². The molecule has 0 aliphatic heterocycles. The molecule has 2 rings (SSSR count). The minimum absolute atomic E-state index is 0.717. The minimum Gasteiger partial charge on any atom is -0.741 e. The largest absolute Gasteiger partial charge is 0.741 e. The molecule has 1 aromatic heterocycles. The van der Waals surface area contributed by atoms with Crippen LogP contribution in [-0.4, -0.2) is 24.8 Å². The first-order chi connectivity index (χ1) is 9.56. The highest BCUT2D eigenvalue weighted by molar-refractivity contribution is 7.86. The van der Waals surface area contributed by atoms with E-state index in [1.165, 1.54) is 0 Å². The lowest BCUT2D eigenvalue weighted by atomic mass is 10.1. The van der Waals surface area contributed by atoms with Crippen LogP contribution >= 0.6 is 0 Å². The zero-order chi connectivity index (χ0) is 16.3. The molecule has 0 saturated heterocycles. The highest BCUT2D eigenvalue weighted by Crippen LogP contribution is 2.20. The fourth-order valence-corrected chi connectivity index (χ4v) is 1.44. The third-order valence-electron chi connectivity index (χ3n) is 2.44. The molecule has 0 fully saturated rings. The molecule has 21 heavy (non-hydrogen) atoms. The van der Waals surface area contributed by atoms with Gasteiger partial charge in [0.15, 0.2) is 16.3 Å². The summed E-state index contributed by atoms with van der Waals surface area (Å²) < 4.78 is 60.9. The Bertz CT molecular complexity index is 757. The molecule has 0 atom stereocenters. The highest BCUT2D eigenvalue weighted by Gasteiger charge is 2.36. The number of rotatable bonds is 1. The van der Waals surface area contributed by atoms with Crippen molar-refractivity contribution in [3.8, 4) is 0 Å². The number of aldehydes is 1. The smallest absolute Gasteiger partial charge is 0.485 e. The normalized spacial score (nSPS) is 11.7. The summed E-state index contributed by atoms with van der Waals surface area (Å²) in [4.78, 5) is 10.6. The molecule has 0 N–H and O–H groups in total. The van der Waals surface area contributed by atoms with Crippen LogP contribution in [0.1, 0.15) is 10.4 Å². The predicted molar refractivity (Wildman–Crippen MR) is 66.3 cm³/mol. The number of carbonyl (C=O) groups excluding carboxylic acids is 1.